The van der Waals surface area contributed by atoms with E-state index in [1.807, 2.05) is 0 Å². The van der Waals surface area contributed by atoms with Crippen molar-refractivity contribution in [3.05, 3.63) is 35.6 Å². The molecule has 0 amide bonds. The third-order valence-electron chi connectivity index (χ3n) is 2.38. The predicted octanol–water partition coefficient (Wildman–Crippen LogP) is 3.08. The molecule has 0 saturated heterocycles. The number of hydrogen-bond acceptors (Lipinski definition) is 4. The van der Waals surface area contributed by atoms with E-state index in [2.05, 4.69) is 0 Å². The summed E-state index contributed by atoms with van der Waals surface area (Å²) < 4.78 is 17.5. The van der Waals surface area contributed by atoms with Crippen LogP contribution in [0.15, 0.2) is 24.3 Å². The van der Waals surface area contributed by atoms with Gasteiger partial charge >= 0.3 is 5.97 Å². The summed E-state index contributed by atoms with van der Waals surface area (Å²) in [5.74, 6) is 0.472. The van der Waals surface area contributed by atoms with Crippen LogP contribution in [0.5, 0.6) is 0 Å². The Bertz CT molecular complexity index is 417. The Morgan fingerprint density at radius 1 is 1.26 bits per heavy atom. The zero-order valence-corrected chi connectivity index (χ0v) is 11.7. The highest BCUT2D eigenvalue weighted by Gasteiger charge is 2.06. The topological polar surface area (TPSA) is 43.4 Å². The van der Waals surface area contributed by atoms with Gasteiger partial charge in [0.1, 0.15) is 5.82 Å². The lowest BCUT2D eigenvalue weighted by Gasteiger charge is -2.02. The number of hydrogen-bond donors (Lipinski definition) is 0. The van der Waals surface area contributed by atoms with Crippen molar-refractivity contribution < 1.29 is 18.7 Å². The van der Waals surface area contributed by atoms with Crippen LogP contribution >= 0.6 is 11.8 Å². The summed E-state index contributed by atoms with van der Waals surface area (Å²) in [7, 11) is 0. The van der Waals surface area contributed by atoms with Crippen LogP contribution in [0.25, 0.3) is 0 Å². The summed E-state index contributed by atoms with van der Waals surface area (Å²) in [6, 6.07) is 5.54. The van der Waals surface area contributed by atoms with Crippen LogP contribution in [-0.4, -0.2) is 29.9 Å². The maximum absolute atomic E-state index is 12.7. The zero-order chi connectivity index (χ0) is 14.1. The smallest absolute Gasteiger partial charge is 0.315 e. The number of Topliss-reactive ketones (excluding diaryl/α,β-unsaturated/α-hetero) is 1. The highest BCUT2D eigenvalue weighted by Crippen LogP contribution is 2.10. The van der Waals surface area contributed by atoms with Crippen molar-refractivity contribution in [1.82, 2.24) is 0 Å². The molecule has 0 N–H and O–H groups in total. The molecule has 0 aliphatic heterocycles. The average molecular weight is 284 g/mol. The first-order valence-corrected chi connectivity index (χ1v) is 7.31. The monoisotopic (exact) mass is 284 g/mol. The Balaban J connectivity index is 2.17. The van der Waals surface area contributed by atoms with E-state index in [0.717, 1.165) is 5.75 Å². The number of halogens is 1. The maximum Gasteiger partial charge on any atom is 0.315 e. The van der Waals surface area contributed by atoms with Crippen LogP contribution < -0.4 is 0 Å². The molecule has 1 aromatic carbocycles. The number of esters is 1. The van der Waals surface area contributed by atoms with Crippen LogP contribution in [0.3, 0.4) is 0 Å². The minimum atomic E-state index is -0.346. The number of carbonyl (C=O) groups excluding carboxylic acids is 2. The zero-order valence-electron chi connectivity index (χ0n) is 10.9. The lowest BCUT2D eigenvalue weighted by Crippen LogP contribution is -2.07. The Kier molecular flexibility index (Phi) is 7.18. The number of rotatable bonds is 8. The second kappa shape index (κ2) is 8.69. The van der Waals surface area contributed by atoms with E-state index < -0.39 is 0 Å². The SMILES string of the molecule is CCOC(=O)CSCCCC(=O)c1ccc(F)cc1. The first-order chi connectivity index (χ1) is 9.13. The number of ketones is 1. The third kappa shape index (κ3) is 6.38. The van der Waals surface area contributed by atoms with Gasteiger partial charge in [0.05, 0.1) is 12.4 Å². The van der Waals surface area contributed by atoms with Crippen LogP contribution in [0.2, 0.25) is 0 Å². The Labute approximate surface area is 116 Å². The lowest BCUT2D eigenvalue weighted by molar-refractivity contribution is -0.139. The van der Waals surface area contributed by atoms with Gasteiger partial charge in [-0.15, -0.1) is 0 Å². The summed E-state index contributed by atoms with van der Waals surface area (Å²) in [4.78, 5) is 22.8. The van der Waals surface area contributed by atoms with E-state index >= 15 is 0 Å². The van der Waals surface area contributed by atoms with Crippen LogP contribution in [0.1, 0.15) is 30.1 Å². The number of benzene rings is 1. The van der Waals surface area contributed by atoms with E-state index in [9.17, 15) is 14.0 Å². The quantitative estimate of drug-likeness (QED) is 0.418. The summed E-state index contributed by atoms with van der Waals surface area (Å²) in [5, 5.41) is 0. The van der Waals surface area contributed by atoms with E-state index in [1.165, 1.54) is 36.0 Å². The molecule has 0 fully saturated rings. The van der Waals surface area contributed by atoms with Crippen molar-refractivity contribution >= 4 is 23.5 Å². The molecule has 0 atom stereocenters. The predicted molar refractivity (Wildman–Crippen MR) is 73.9 cm³/mol. The van der Waals surface area contributed by atoms with Crippen LogP contribution in [-0.2, 0) is 9.53 Å². The van der Waals surface area contributed by atoms with Gasteiger partial charge in [-0.05, 0) is 43.4 Å². The van der Waals surface area contributed by atoms with Crippen molar-refractivity contribution in [2.45, 2.75) is 19.8 Å². The summed E-state index contributed by atoms with van der Waals surface area (Å²) in [5.41, 5.74) is 0.525. The fourth-order valence-corrected chi connectivity index (χ4v) is 2.22. The van der Waals surface area contributed by atoms with Crippen molar-refractivity contribution in [3.63, 3.8) is 0 Å². The fraction of sp³-hybridized carbons (Fsp3) is 0.429. The molecule has 1 rings (SSSR count). The standard InChI is InChI=1S/C14H17FO3S/c1-2-18-14(17)10-19-9-3-4-13(16)11-5-7-12(15)8-6-11/h5-8H,2-4,9-10H2,1H3. The first-order valence-electron chi connectivity index (χ1n) is 6.15. The Hall–Kier alpha value is -1.36. The molecule has 0 heterocycles. The lowest BCUT2D eigenvalue weighted by atomic mass is 10.1. The van der Waals surface area contributed by atoms with Gasteiger partial charge in [0, 0.05) is 12.0 Å². The molecular weight excluding hydrogens is 267 g/mol. The second-order valence-corrected chi connectivity index (χ2v) is 5.00. The molecule has 0 spiro atoms. The van der Waals surface area contributed by atoms with Crippen molar-refractivity contribution in [1.29, 1.82) is 0 Å². The Morgan fingerprint density at radius 2 is 1.95 bits per heavy atom. The normalized spacial score (nSPS) is 10.2. The minimum Gasteiger partial charge on any atom is -0.465 e. The van der Waals surface area contributed by atoms with Gasteiger partial charge in [0.25, 0.3) is 0 Å². The summed E-state index contributed by atoms with van der Waals surface area (Å²) >= 11 is 1.45. The van der Waals surface area contributed by atoms with Crippen LogP contribution in [0, 0.1) is 5.82 Å². The highest BCUT2D eigenvalue weighted by molar-refractivity contribution is 7.99. The molecule has 5 heteroatoms. The molecule has 19 heavy (non-hydrogen) atoms. The molecular formula is C14H17FO3S. The van der Waals surface area contributed by atoms with Crippen molar-refractivity contribution in [3.8, 4) is 0 Å². The third-order valence-corrected chi connectivity index (χ3v) is 3.40. The maximum atomic E-state index is 12.7. The number of thioether (sulfide) groups is 1. The summed E-state index contributed by atoms with van der Waals surface area (Å²) in [6.07, 6.45) is 1.10. The average Bonchev–Trinajstić information content (AvgIpc) is 2.39. The first kappa shape index (κ1) is 15.7. The molecule has 104 valence electrons. The molecule has 3 nitrogen and oxygen atoms in total. The van der Waals surface area contributed by atoms with Crippen molar-refractivity contribution in [2.24, 2.45) is 0 Å². The molecule has 0 aliphatic carbocycles. The number of ether oxygens (including phenoxy) is 1. The summed E-state index contributed by atoms with van der Waals surface area (Å²) in [6.45, 7) is 2.16. The van der Waals surface area contributed by atoms with Gasteiger partial charge in [0.15, 0.2) is 5.78 Å². The highest BCUT2D eigenvalue weighted by atomic mass is 32.2. The molecule has 0 bridgehead atoms. The molecule has 0 unspecified atom stereocenters. The molecule has 1 aromatic rings. The van der Waals surface area contributed by atoms with E-state index in [4.69, 9.17) is 4.74 Å². The fourth-order valence-electron chi connectivity index (χ4n) is 1.47. The van der Waals surface area contributed by atoms with Crippen LogP contribution in [0.4, 0.5) is 4.39 Å². The van der Waals surface area contributed by atoms with E-state index in [1.54, 1.807) is 6.92 Å². The van der Waals surface area contributed by atoms with Gasteiger partial charge in [-0.25, -0.2) is 4.39 Å². The minimum absolute atomic E-state index is 0.00302. The van der Waals surface area contributed by atoms with Gasteiger partial charge in [-0.2, -0.15) is 11.8 Å². The molecule has 0 saturated carbocycles. The van der Waals surface area contributed by atoms with Gasteiger partial charge in [-0.3, -0.25) is 9.59 Å². The largest absolute Gasteiger partial charge is 0.465 e. The molecule has 0 aromatic heterocycles. The second-order valence-electron chi connectivity index (χ2n) is 3.89. The van der Waals surface area contributed by atoms with Gasteiger partial charge in [0.2, 0.25) is 0 Å². The molecule has 0 radical (unpaired) electrons. The Morgan fingerprint density at radius 3 is 2.58 bits per heavy atom. The molecule has 0 aliphatic rings. The van der Waals surface area contributed by atoms with E-state index in [-0.39, 0.29) is 17.6 Å². The van der Waals surface area contributed by atoms with E-state index in [0.29, 0.717) is 30.8 Å². The van der Waals surface area contributed by atoms with Crippen molar-refractivity contribution in [2.75, 3.05) is 18.1 Å². The number of carbonyl (C=O) groups is 2. The van der Waals surface area contributed by atoms with Gasteiger partial charge < -0.3 is 4.74 Å². The van der Waals surface area contributed by atoms with Gasteiger partial charge in [-0.1, -0.05) is 0 Å².